The van der Waals surface area contributed by atoms with Gasteiger partial charge in [-0.1, -0.05) is 0 Å². The van der Waals surface area contributed by atoms with E-state index in [0.29, 0.717) is 0 Å². The number of halogens is 4. The van der Waals surface area contributed by atoms with E-state index < -0.39 is 42.2 Å². The van der Waals surface area contributed by atoms with Crippen molar-refractivity contribution in [3.63, 3.8) is 0 Å². The zero-order valence-electron chi connectivity index (χ0n) is 9.01. The average molecular weight is 331 g/mol. The fourth-order valence-corrected chi connectivity index (χ4v) is 2.14. The molecule has 0 atom stereocenters. The minimum absolute atomic E-state index is 0.224. The van der Waals surface area contributed by atoms with Gasteiger partial charge in [0.05, 0.1) is 4.92 Å². The van der Waals surface area contributed by atoms with Crippen molar-refractivity contribution in [2.45, 2.75) is 11.3 Å². The third-order valence-corrected chi connectivity index (χ3v) is 3.21. The van der Waals surface area contributed by atoms with Gasteiger partial charge < -0.3 is 4.74 Å². The number of rotatable bonds is 3. The highest BCUT2D eigenvalue weighted by atomic mass is 35.7. The highest BCUT2D eigenvalue weighted by Gasteiger charge is 2.35. The lowest BCUT2D eigenvalue weighted by molar-refractivity contribution is -0.385. The number of nitrogens with zero attached hydrogens (tertiary/aromatic N) is 2. The van der Waals surface area contributed by atoms with Gasteiger partial charge in [-0.05, 0) is 0 Å². The summed E-state index contributed by atoms with van der Waals surface area (Å²) in [6.07, 6.45) is -5.26. The Morgan fingerprint density at radius 1 is 1.40 bits per heavy atom. The average Bonchev–Trinajstić information content (AvgIpc) is 2.24. The molecule has 0 N–H and O–H groups in total. The lowest BCUT2D eigenvalue weighted by Crippen LogP contribution is -2.18. The SMILES string of the molecule is N#Cc1cc(OC(F)(F)F)c(S(=O)(=O)Cl)cc1[N+](=O)[O-]. The van der Waals surface area contributed by atoms with E-state index in [-0.39, 0.29) is 12.1 Å². The van der Waals surface area contributed by atoms with Crippen molar-refractivity contribution in [2.24, 2.45) is 0 Å². The molecule has 1 aromatic rings. The third-order valence-electron chi connectivity index (χ3n) is 1.87. The summed E-state index contributed by atoms with van der Waals surface area (Å²) < 4.78 is 62.0. The van der Waals surface area contributed by atoms with E-state index in [1.165, 1.54) is 6.07 Å². The molecule has 0 fully saturated rings. The Labute approximate surface area is 113 Å². The summed E-state index contributed by atoms with van der Waals surface area (Å²) in [6, 6.07) is 1.76. The van der Waals surface area contributed by atoms with Crippen LogP contribution >= 0.6 is 10.7 Å². The van der Waals surface area contributed by atoms with Gasteiger partial charge in [-0.2, -0.15) is 5.26 Å². The van der Waals surface area contributed by atoms with Crippen LogP contribution in [0.4, 0.5) is 18.9 Å². The lowest BCUT2D eigenvalue weighted by atomic mass is 10.2. The van der Waals surface area contributed by atoms with Crippen molar-refractivity contribution in [1.82, 2.24) is 0 Å². The van der Waals surface area contributed by atoms with Crippen molar-refractivity contribution in [3.8, 4) is 11.8 Å². The summed E-state index contributed by atoms with van der Waals surface area (Å²) in [6.45, 7) is 0. The van der Waals surface area contributed by atoms with E-state index in [9.17, 15) is 31.7 Å². The van der Waals surface area contributed by atoms with E-state index >= 15 is 0 Å². The normalized spacial score (nSPS) is 11.8. The van der Waals surface area contributed by atoms with Crippen LogP contribution in [0, 0.1) is 21.4 Å². The Bertz CT molecular complexity index is 710. The topological polar surface area (TPSA) is 110 Å². The molecule has 0 saturated carbocycles. The molecular weight excluding hydrogens is 329 g/mol. The molecule has 0 aromatic heterocycles. The molecule has 1 aromatic carbocycles. The van der Waals surface area contributed by atoms with E-state index in [0.717, 1.165) is 0 Å². The summed E-state index contributed by atoms with van der Waals surface area (Å²) in [5, 5.41) is 19.2. The first-order chi connectivity index (χ1) is 8.95. The molecule has 0 heterocycles. The zero-order valence-corrected chi connectivity index (χ0v) is 10.6. The van der Waals surface area contributed by atoms with Crippen LogP contribution in [0.5, 0.6) is 5.75 Å². The highest BCUT2D eigenvalue weighted by Crippen LogP contribution is 2.36. The zero-order chi connectivity index (χ0) is 15.7. The first-order valence-corrected chi connectivity index (χ1v) is 6.69. The molecule has 7 nitrogen and oxygen atoms in total. The number of hydrogen-bond acceptors (Lipinski definition) is 6. The van der Waals surface area contributed by atoms with Crippen LogP contribution in [0.15, 0.2) is 17.0 Å². The lowest BCUT2D eigenvalue weighted by Gasteiger charge is -2.11. The molecule has 0 saturated heterocycles. The molecule has 0 aliphatic heterocycles. The first-order valence-electron chi connectivity index (χ1n) is 4.38. The molecule has 108 valence electrons. The highest BCUT2D eigenvalue weighted by molar-refractivity contribution is 8.13. The smallest absolute Gasteiger partial charge is 0.404 e. The Morgan fingerprint density at radius 2 is 1.95 bits per heavy atom. The fraction of sp³-hybridized carbons (Fsp3) is 0.125. The van der Waals surface area contributed by atoms with Gasteiger partial charge in [0.2, 0.25) is 0 Å². The molecule has 0 amide bonds. The summed E-state index contributed by atoms with van der Waals surface area (Å²) in [4.78, 5) is 8.21. The Morgan fingerprint density at radius 3 is 2.30 bits per heavy atom. The van der Waals surface area contributed by atoms with Gasteiger partial charge in [0.15, 0.2) is 5.75 Å². The summed E-state index contributed by atoms with van der Waals surface area (Å²) >= 11 is 0. The molecule has 0 bridgehead atoms. The minimum Gasteiger partial charge on any atom is -0.404 e. The van der Waals surface area contributed by atoms with Gasteiger partial charge in [-0.25, -0.2) is 8.42 Å². The maximum Gasteiger partial charge on any atom is 0.573 e. The summed E-state index contributed by atoms with van der Waals surface area (Å²) in [5.74, 6) is -1.32. The van der Waals surface area contributed by atoms with Crippen LogP contribution in [-0.2, 0) is 9.05 Å². The second-order valence-electron chi connectivity index (χ2n) is 3.17. The van der Waals surface area contributed by atoms with Crippen LogP contribution < -0.4 is 4.74 Å². The summed E-state index contributed by atoms with van der Waals surface area (Å²) in [7, 11) is 0.131. The maximum absolute atomic E-state index is 12.1. The largest absolute Gasteiger partial charge is 0.573 e. The van der Waals surface area contributed by atoms with Gasteiger partial charge in [0.25, 0.3) is 14.7 Å². The van der Waals surface area contributed by atoms with Gasteiger partial charge >= 0.3 is 6.36 Å². The minimum atomic E-state index is -5.26. The number of nitro benzene ring substituents is 1. The van der Waals surface area contributed by atoms with E-state index in [2.05, 4.69) is 4.74 Å². The second kappa shape index (κ2) is 5.14. The molecule has 12 heteroatoms. The Kier molecular flexibility index (Phi) is 4.11. The van der Waals surface area contributed by atoms with Crippen LogP contribution in [-0.4, -0.2) is 19.7 Å². The number of alkyl halides is 3. The molecule has 0 spiro atoms. The molecule has 20 heavy (non-hydrogen) atoms. The summed E-state index contributed by atoms with van der Waals surface area (Å²) in [5.41, 5.74) is -1.82. The van der Waals surface area contributed by atoms with Crippen LogP contribution in [0.25, 0.3) is 0 Å². The van der Waals surface area contributed by atoms with Crippen molar-refractivity contribution in [1.29, 1.82) is 5.26 Å². The molecule has 1 rings (SSSR count). The van der Waals surface area contributed by atoms with Crippen molar-refractivity contribution in [3.05, 3.63) is 27.8 Å². The van der Waals surface area contributed by atoms with Crippen LogP contribution in [0.1, 0.15) is 5.56 Å². The first kappa shape index (κ1) is 16.0. The van der Waals surface area contributed by atoms with Crippen LogP contribution in [0.2, 0.25) is 0 Å². The number of benzene rings is 1. The molecular formula is C8H2ClF3N2O5S. The molecule has 0 aliphatic rings. The third kappa shape index (κ3) is 3.72. The van der Waals surface area contributed by atoms with Crippen LogP contribution in [0.3, 0.4) is 0 Å². The van der Waals surface area contributed by atoms with Crippen molar-refractivity contribution in [2.75, 3.05) is 0 Å². The van der Waals surface area contributed by atoms with E-state index in [4.69, 9.17) is 15.9 Å². The van der Waals surface area contributed by atoms with E-state index in [1.807, 2.05) is 0 Å². The van der Waals surface area contributed by atoms with Crippen molar-refractivity contribution >= 4 is 25.4 Å². The molecule has 0 aliphatic carbocycles. The van der Waals surface area contributed by atoms with E-state index in [1.54, 1.807) is 0 Å². The fourth-order valence-electron chi connectivity index (χ4n) is 1.18. The maximum atomic E-state index is 12.1. The quantitative estimate of drug-likeness (QED) is 0.477. The van der Waals surface area contributed by atoms with Gasteiger partial charge in [0.1, 0.15) is 16.5 Å². The monoisotopic (exact) mass is 330 g/mol. The molecule has 0 radical (unpaired) electrons. The van der Waals surface area contributed by atoms with Gasteiger partial charge in [-0.3, -0.25) is 10.1 Å². The molecule has 0 unspecified atom stereocenters. The second-order valence-corrected chi connectivity index (χ2v) is 5.71. The van der Waals surface area contributed by atoms with Gasteiger partial charge in [-0.15, -0.1) is 13.2 Å². The number of hydrogen-bond donors (Lipinski definition) is 0. The standard InChI is InChI=1S/C8H2ClF3N2O5S/c9-20(17,18)7-2-5(14(15)16)4(3-13)1-6(7)19-8(10,11)12/h1-2H. The number of nitro groups is 1. The Hall–Kier alpha value is -2.06. The van der Waals surface area contributed by atoms with Crippen molar-refractivity contribution < 1.29 is 31.2 Å². The predicted molar refractivity (Wildman–Crippen MR) is 57.5 cm³/mol. The number of nitriles is 1. The Balaban J connectivity index is 3.66. The predicted octanol–water partition coefficient (Wildman–Crippen LogP) is 2.29. The number of ether oxygens (including phenoxy) is 1. The van der Waals surface area contributed by atoms with Gasteiger partial charge in [0, 0.05) is 22.8 Å².